The van der Waals surface area contributed by atoms with Gasteiger partial charge in [0.15, 0.2) is 0 Å². The van der Waals surface area contributed by atoms with E-state index in [9.17, 15) is 14.0 Å². The largest absolute Gasteiger partial charge is 0.336 e. The van der Waals surface area contributed by atoms with Crippen LogP contribution in [0, 0.1) is 5.82 Å². The van der Waals surface area contributed by atoms with E-state index >= 15 is 0 Å². The second kappa shape index (κ2) is 8.88. The Morgan fingerprint density at radius 1 is 0.700 bits per heavy atom. The minimum Gasteiger partial charge on any atom is -0.336 e. The van der Waals surface area contributed by atoms with Gasteiger partial charge in [0.1, 0.15) is 5.82 Å². The lowest BCUT2D eigenvalue weighted by Crippen LogP contribution is -2.54. The van der Waals surface area contributed by atoms with Crippen molar-refractivity contribution >= 4 is 11.8 Å². The number of nitrogens with zero attached hydrogens (tertiary/aromatic N) is 2. The van der Waals surface area contributed by atoms with Crippen molar-refractivity contribution in [1.29, 1.82) is 0 Å². The SMILES string of the molecule is O=C(NN1CCN(C(=O)c2ccc(-c3ccccc3)cc2)CC1)c1ccc(F)cc1. The van der Waals surface area contributed by atoms with Crippen LogP contribution in [0.3, 0.4) is 0 Å². The standard InChI is InChI=1S/C24H22FN3O2/c25-22-12-10-20(11-13-22)23(29)26-28-16-14-27(15-17-28)24(30)21-8-6-19(7-9-21)18-4-2-1-3-5-18/h1-13H,14-17H2,(H,26,29). The second-order valence-electron chi connectivity index (χ2n) is 7.17. The number of rotatable bonds is 4. The Labute approximate surface area is 174 Å². The maximum Gasteiger partial charge on any atom is 0.265 e. The van der Waals surface area contributed by atoms with Crippen molar-refractivity contribution in [2.24, 2.45) is 0 Å². The van der Waals surface area contributed by atoms with Gasteiger partial charge in [-0.25, -0.2) is 9.40 Å². The van der Waals surface area contributed by atoms with E-state index < -0.39 is 0 Å². The number of piperazine rings is 1. The summed E-state index contributed by atoms with van der Waals surface area (Å²) in [6, 6.07) is 23.1. The van der Waals surface area contributed by atoms with Crippen molar-refractivity contribution in [2.75, 3.05) is 26.2 Å². The van der Waals surface area contributed by atoms with Crippen LogP contribution in [-0.4, -0.2) is 47.9 Å². The minimum atomic E-state index is -0.379. The third-order valence-corrected chi connectivity index (χ3v) is 5.17. The van der Waals surface area contributed by atoms with Crippen LogP contribution in [0.5, 0.6) is 0 Å². The summed E-state index contributed by atoms with van der Waals surface area (Å²) < 4.78 is 13.0. The number of nitrogens with one attached hydrogen (secondary N) is 1. The van der Waals surface area contributed by atoms with Crippen LogP contribution in [0.25, 0.3) is 11.1 Å². The van der Waals surface area contributed by atoms with E-state index in [1.807, 2.05) is 54.6 Å². The molecule has 30 heavy (non-hydrogen) atoms. The highest BCUT2D eigenvalue weighted by atomic mass is 19.1. The number of carbonyl (C=O) groups is 2. The molecule has 0 aliphatic carbocycles. The molecule has 2 amide bonds. The summed E-state index contributed by atoms with van der Waals surface area (Å²) in [5.41, 5.74) is 6.04. The number of amides is 2. The van der Waals surface area contributed by atoms with Crippen LogP contribution in [0.2, 0.25) is 0 Å². The molecule has 4 rings (SSSR count). The van der Waals surface area contributed by atoms with Crippen molar-refractivity contribution in [3.63, 3.8) is 0 Å². The number of halogens is 1. The lowest BCUT2D eigenvalue weighted by Gasteiger charge is -2.34. The van der Waals surface area contributed by atoms with Gasteiger partial charge in [-0.05, 0) is 47.5 Å². The van der Waals surface area contributed by atoms with Gasteiger partial charge >= 0.3 is 0 Å². The molecule has 1 aliphatic heterocycles. The van der Waals surface area contributed by atoms with E-state index in [4.69, 9.17) is 0 Å². The fourth-order valence-corrected chi connectivity index (χ4v) is 3.45. The molecule has 0 saturated carbocycles. The van der Waals surface area contributed by atoms with Crippen LogP contribution in [0.15, 0.2) is 78.9 Å². The third kappa shape index (κ3) is 4.55. The van der Waals surface area contributed by atoms with Gasteiger partial charge in [0.05, 0.1) is 0 Å². The zero-order valence-corrected chi connectivity index (χ0v) is 16.4. The summed E-state index contributed by atoms with van der Waals surface area (Å²) in [6.45, 7) is 2.09. The van der Waals surface area contributed by atoms with E-state index in [1.165, 1.54) is 24.3 Å². The van der Waals surface area contributed by atoms with Crippen LogP contribution >= 0.6 is 0 Å². The number of carbonyl (C=O) groups excluding carboxylic acids is 2. The number of hydrazine groups is 1. The van der Waals surface area contributed by atoms with Gasteiger partial charge in [0, 0.05) is 37.3 Å². The second-order valence-corrected chi connectivity index (χ2v) is 7.17. The van der Waals surface area contributed by atoms with E-state index in [0.717, 1.165) is 11.1 Å². The first-order valence-electron chi connectivity index (χ1n) is 9.86. The fourth-order valence-electron chi connectivity index (χ4n) is 3.45. The molecule has 1 fully saturated rings. The normalized spacial score (nSPS) is 14.4. The van der Waals surface area contributed by atoms with Gasteiger partial charge in [-0.3, -0.25) is 15.0 Å². The minimum absolute atomic E-state index is 0.0147. The van der Waals surface area contributed by atoms with Crippen molar-refractivity contribution in [2.45, 2.75) is 0 Å². The molecule has 0 spiro atoms. The molecule has 6 heteroatoms. The van der Waals surface area contributed by atoms with Crippen molar-refractivity contribution in [1.82, 2.24) is 15.3 Å². The zero-order valence-electron chi connectivity index (χ0n) is 16.4. The van der Waals surface area contributed by atoms with E-state index in [2.05, 4.69) is 5.43 Å². The summed E-state index contributed by atoms with van der Waals surface area (Å²) in [5.74, 6) is -0.680. The Balaban J connectivity index is 1.32. The quantitative estimate of drug-likeness (QED) is 0.724. The molecule has 3 aromatic rings. The Morgan fingerprint density at radius 2 is 1.27 bits per heavy atom. The molecule has 0 radical (unpaired) electrons. The smallest absolute Gasteiger partial charge is 0.265 e. The van der Waals surface area contributed by atoms with E-state index in [-0.39, 0.29) is 17.6 Å². The highest BCUT2D eigenvalue weighted by molar-refractivity contribution is 5.95. The molecule has 152 valence electrons. The molecule has 0 atom stereocenters. The molecular weight excluding hydrogens is 381 g/mol. The molecule has 3 aromatic carbocycles. The molecular formula is C24H22FN3O2. The Morgan fingerprint density at radius 3 is 1.90 bits per heavy atom. The zero-order chi connectivity index (χ0) is 20.9. The Kier molecular flexibility index (Phi) is 5.86. The number of hydrogen-bond donors (Lipinski definition) is 1. The fraction of sp³-hybridized carbons (Fsp3) is 0.167. The van der Waals surface area contributed by atoms with Crippen molar-refractivity contribution in [3.05, 3.63) is 95.8 Å². The number of benzene rings is 3. The van der Waals surface area contributed by atoms with Gasteiger partial charge in [0.25, 0.3) is 11.8 Å². The van der Waals surface area contributed by atoms with Crippen molar-refractivity contribution in [3.8, 4) is 11.1 Å². The first-order chi connectivity index (χ1) is 14.6. The first-order valence-corrected chi connectivity index (χ1v) is 9.86. The predicted molar refractivity (Wildman–Crippen MR) is 113 cm³/mol. The average molecular weight is 403 g/mol. The molecule has 0 aromatic heterocycles. The third-order valence-electron chi connectivity index (χ3n) is 5.17. The van der Waals surface area contributed by atoms with Crippen LogP contribution in [0.1, 0.15) is 20.7 Å². The topological polar surface area (TPSA) is 52.7 Å². The molecule has 1 N–H and O–H groups in total. The summed E-state index contributed by atoms with van der Waals surface area (Å²) in [5, 5.41) is 1.79. The summed E-state index contributed by atoms with van der Waals surface area (Å²) in [4.78, 5) is 26.9. The highest BCUT2D eigenvalue weighted by Crippen LogP contribution is 2.20. The molecule has 0 unspecified atom stereocenters. The lowest BCUT2D eigenvalue weighted by molar-refractivity contribution is 0.0505. The maximum absolute atomic E-state index is 13.0. The van der Waals surface area contributed by atoms with Crippen LogP contribution in [0.4, 0.5) is 4.39 Å². The highest BCUT2D eigenvalue weighted by Gasteiger charge is 2.23. The number of hydrogen-bond acceptors (Lipinski definition) is 3. The average Bonchev–Trinajstić information content (AvgIpc) is 2.80. The van der Waals surface area contributed by atoms with Gasteiger partial charge in [-0.15, -0.1) is 0 Å². The molecule has 1 saturated heterocycles. The van der Waals surface area contributed by atoms with E-state index in [1.54, 1.807) is 9.91 Å². The Bertz CT molecular complexity index is 1010. The van der Waals surface area contributed by atoms with Crippen LogP contribution < -0.4 is 5.43 Å². The van der Waals surface area contributed by atoms with Gasteiger partial charge in [-0.2, -0.15) is 0 Å². The summed E-state index contributed by atoms with van der Waals surface area (Å²) in [6.07, 6.45) is 0. The van der Waals surface area contributed by atoms with Crippen LogP contribution in [-0.2, 0) is 0 Å². The summed E-state index contributed by atoms with van der Waals surface area (Å²) in [7, 11) is 0. The lowest BCUT2D eigenvalue weighted by atomic mass is 10.0. The molecule has 5 nitrogen and oxygen atoms in total. The molecule has 1 aliphatic rings. The Hall–Kier alpha value is -3.51. The van der Waals surface area contributed by atoms with Crippen molar-refractivity contribution < 1.29 is 14.0 Å². The van der Waals surface area contributed by atoms with Gasteiger partial charge in [-0.1, -0.05) is 42.5 Å². The molecule has 0 bridgehead atoms. The molecule has 1 heterocycles. The first kappa shape index (κ1) is 19.8. The predicted octanol–water partition coefficient (Wildman–Crippen LogP) is 3.60. The summed E-state index contributed by atoms with van der Waals surface area (Å²) >= 11 is 0. The monoisotopic (exact) mass is 403 g/mol. The van der Waals surface area contributed by atoms with Gasteiger partial charge in [0.2, 0.25) is 0 Å². The van der Waals surface area contributed by atoms with Gasteiger partial charge < -0.3 is 4.90 Å². The van der Waals surface area contributed by atoms with E-state index in [0.29, 0.717) is 37.3 Å². The maximum atomic E-state index is 13.0.